The minimum absolute atomic E-state index is 0.0896. The molecule has 3 rings (SSSR count). The van der Waals surface area contributed by atoms with Crippen LogP contribution < -0.4 is 15.2 Å². The first kappa shape index (κ1) is 14.0. The molecule has 1 aliphatic heterocycles. The second-order valence-corrected chi connectivity index (χ2v) is 5.65. The monoisotopic (exact) mass is 283 g/mol. The van der Waals surface area contributed by atoms with Crippen LogP contribution >= 0.6 is 0 Å². The average molecular weight is 283 g/mol. The second-order valence-electron chi connectivity index (χ2n) is 5.65. The Morgan fingerprint density at radius 1 is 1.24 bits per heavy atom. The van der Waals surface area contributed by atoms with Crippen molar-refractivity contribution in [1.82, 2.24) is 0 Å². The average Bonchev–Trinajstić information content (AvgIpc) is 2.53. The highest BCUT2D eigenvalue weighted by atomic mass is 16.5. The van der Waals surface area contributed by atoms with Gasteiger partial charge in [-0.05, 0) is 31.0 Å². The molecule has 110 valence electrons. The fraction of sp³-hybridized carbons (Fsp3) is 0.333. The van der Waals surface area contributed by atoms with E-state index in [0.717, 1.165) is 23.5 Å². The van der Waals surface area contributed by atoms with Crippen molar-refractivity contribution in [1.29, 1.82) is 0 Å². The van der Waals surface area contributed by atoms with Gasteiger partial charge in [-0.3, -0.25) is 0 Å². The largest absolute Gasteiger partial charge is 0.496 e. The molecule has 21 heavy (non-hydrogen) atoms. The van der Waals surface area contributed by atoms with Crippen LogP contribution in [0, 0.1) is 12.8 Å². The van der Waals surface area contributed by atoms with E-state index in [9.17, 15) is 0 Å². The van der Waals surface area contributed by atoms with Gasteiger partial charge >= 0.3 is 0 Å². The van der Waals surface area contributed by atoms with E-state index in [1.165, 1.54) is 11.1 Å². The summed E-state index contributed by atoms with van der Waals surface area (Å²) in [6.45, 7) is 2.72. The third-order valence-corrected chi connectivity index (χ3v) is 4.16. The number of aryl methyl sites for hydroxylation is 1. The molecule has 2 N–H and O–H groups in total. The molecule has 3 heteroatoms. The normalized spacial score (nSPS) is 18.5. The molecule has 2 aromatic carbocycles. The SMILES string of the molecule is COc1ccc(C)cc1C(N)C1COc2ccccc2C1. The highest BCUT2D eigenvalue weighted by Crippen LogP contribution is 2.35. The van der Waals surface area contributed by atoms with E-state index in [1.54, 1.807) is 7.11 Å². The van der Waals surface area contributed by atoms with Crippen LogP contribution in [0.3, 0.4) is 0 Å². The van der Waals surface area contributed by atoms with Crippen LogP contribution in [-0.2, 0) is 6.42 Å². The topological polar surface area (TPSA) is 44.5 Å². The smallest absolute Gasteiger partial charge is 0.123 e. The Balaban J connectivity index is 1.87. The van der Waals surface area contributed by atoms with E-state index >= 15 is 0 Å². The first-order valence-corrected chi connectivity index (χ1v) is 7.30. The zero-order valence-corrected chi connectivity index (χ0v) is 12.5. The lowest BCUT2D eigenvalue weighted by atomic mass is 9.86. The molecule has 1 heterocycles. The van der Waals surface area contributed by atoms with Gasteiger partial charge in [0.25, 0.3) is 0 Å². The first-order valence-electron chi connectivity index (χ1n) is 7.30. The third-order valence-electron chi connectivity index (χ3n) is 4.16. The van der Waals surface area contributed by atoms with Crippen LogP contribution in [0.2, 0.25) is 0 Å². The van der Waals surface area contributed by atoms with Crippen molar-refractivity contribution in [3.05, 3.63) is 59.2 Å². The number of hydrogen-bond donors (Lipinski definition) is 1. The Labute approximate surface area is 125 Å². The lowest BCUT2D eigenvalue weighted by molar-refractivity contribution is 0.198. The molecule has 0 saturated heterocycles. The molecule has 0 spiro atoms. The van der Waals surface area contributed by atoms with Crippen LogP contribution in [0.15, 0.2) is 42.5 Å². The molecular weight excluding hydrogens is 262 g/mol. The summed E-state index contributed by atoms with van der Waals surface area (Å²) in [5.41, 5.74) is 10.00. The quantitative estimate of drug-likeness (QED) is 0.940. The molecule has 2 aromatic rings. The molecule has 1 aliphatic rings. The van der Waals surface area contributed by atoms with Gasteiger partial charge < -0.3 is 15.2 Å². The minimum Gasteiger partial charge on any atom is -0.496 e. The van der Waals surface area contributed by atoms with Gasteiger partial charge in [0, 0.05) is 17.5 Å². The Bertz CT molecular complexity index is 639. The number of nitrogens with two attached hydrogens (primary N) is 1. The minimum atomic E-state index is -0.0896. The van der Waals surface area contributed by atoms with E-state index in [1.807, 2.05) is 30.3 Å². The van der Waals surface area contributed by atoms with Crippen molar-refractivity contribution in [2.45, 2.75) is 19.4 Å². The zero-order valence-electron chi connectivity index (χ0n) is 12.5. The summed E-state index contributed by atoms with van der Waals surface area (Å²) in [7, 11) is 1.69. The molecule has 0 radical (unpaired) electrons. The molecule has 2 atom stereocenters. The van der Waals surface area contributed by atoms with Crippen molar-refractivity contribution in [3.63, 3.8) is 0 Å². The molecule has 0 aromatic heterocycles. The van der Waals surface area contributed by atoms with Crippen molar-refractivity contribution >= 4 is 0 Å². The summed E-state index contributed by atoms with van der Waals surface area (Å²) in [4.78, 5) is 0. The standard InChI is InChI=1S/C18H21NO2/c1-12-7-8-17(20-2)15(9-12)18(19)14-10-13-5-3-4-6-16(13)21-11-14/h3-9,14,18H,10-11,19H2,1-2H3. The number of methoxy groups -OCH3 is 1. The molecule has 3 nitrogen and oxygen atoms in total. The van der Waals surface area contributed by atoms with Crippen LogP contribution in [0.5, 0.6) is 11.5 Å². The Morgan fingerprint density at radius 2 is 2.05 bits per heavy atom. The summed E-state index contributed by atoms with van der Waals surface area (Å²) in [6.07, 6.45) is 0.939. The molecule has 0 bridgehead atoms. The predicted octanol–water partition coefficient (Wildman–Crippen LogP) is 3.25. The molecule has 2 unspecified atom stereocenters. The van der Waals surface area contributed by atoms with Crippen molar-refractivity contribution in [2.75, 3.05) is 13.7 Å². The van der Waals surface area contributed by atoms with Gasteiger partial charge in [-0.25, -0.2) is 0 Å². The Hall–Kier alpha value is -2.00. The maximum atomic E-state index is 6.51. The van der Waals surface area contributed by atoms with E-state index in [4.69, 9.17) is 15.2 Å². The molecule has 0 aliphatic carbocycles. The number of rotatable bonds is 3. The van der Waals surface area contributed by atoms with Gasteiger partial charge in [0.1, 0.15) is 11.5 Å². The molecule has 0 saturated carbocycles. The second kappa shape index (κ2) is 5.78. The molecule has 0 amide bonds. The van der Waals surface area contributed by atoms with Gasteiger partial charge in [0.15, 0.2) is 0 Å². The lowest BCUT2D eigenvalue weighted by Gasteiger charge is -2.30. The first-order chi connectivity index (χ1) is 10.2. The number of ether oxygens (including phenoxy) is 2. The summed E-state index contributed by atoms with van der Waals surface area (Å²) in [5, 5.41) is 0. The van der Waals surface area contributed by atoms with E-state index in [0.29, 0.717) is 6.61 Å². The summed E-state index contributed by atoms with van der Waals surface area (Å²) < 4.78 is 11.3. The highest BCUT2D eigenvalue weighted by Gasteiger charge is 2.27. The van der Waals surface area contributed by atoms with E-state index in [-0.39, 0.29) is 12.0 Å². The van der Waals surface area contributed by atoms with Gasteiger partial charge in [-0.15, -0.1) is 0 Å². The van der Waals surface area contributed by atoms with Crippen LogP contribution in [0.4, 0.5) is 0 Å². The Kier molecular flexibility index (Phi) is 3.84. The van der Waals surface area contributed by atoms with E-state index in [2.05, 4.69) is 19.1 Å². The van der Waals surface area contributed by atoms with E-state index < -0.39 is 0 Å². The number of para-hydroxylation sites is 1. The Morgan fingerprint density at radius 3 is 2.86 bits per heavy atom. The van der Waals surface area contributed by atoms with Gasteiger partial charge in [-0.2, -0.15) is 0 Å². The van der Waals surface area contributed by atoms with Crippen LogP contribution in [0.1, 0.15) is 22.7 Å². The molecule has 0 fully saturated rings. The maximum absolute atomic E-state index is 6.51. The number of benzene rings is 2. The lowest BCUT2D eigenvalue weighted by Crippen LogP contribution is -2.31. The van der Waals surface area contributed by atoms with Crippen molar-refractivity contribution < 1.29 is 9.47 Å². The predicted molar refractivity (Wildman–Crippen MR) is 83.8 cm³/mol. The van der Waals surface area contributed by atoms with Crippen LogP contribution in [0.25, 0.3) is 0 Å². The summed E-state index contributed by atoms with van der Waals surface area (Å²) in [6, 6.07) is 14.2. The zero-order chi connectivity index (χ0) is 14.8. The summed E-state index contributed by atoms with van der Waals surface area (Å²) in [5.74, 6) is 2.10. The fourth-order valence-corrected chi connectivity index (χ4v) is 2.95. The number of hydrogen-bond acceptors (Lipinski definition) is 3. The van der Waals surface area contributed by atoms with Crippen molar-refractivity contribution in [3.8, 4) is 11.5 Å². The van der Waals surface area contributed by atoms with Gasteiger partial charge in [-0.1, -0.05) is 35.9 Å². The summed E-state index contributed by atoms with van der Waals surface area (Å²) >= 11 is 0. The van der Waals surface area contributed by atoms with Gasteiger partial charge in [0.2, 0.25) is 0 Å². The third kappa shape index (κ3) is 2.74. The highest BCUT2D eigenvalue weighted by molar-refractivity contribution is 5.41. The van der Waals surface area contributed by atoms with Crippen LogP contribution in [-0.4, -0.2) is 13.7 Å². The maximum Gasteiger partial charge on any atom is 0.123 e. The fourth-order valence-electron chi connectivity index (χ4n) is 2.95. The van der Waals surface area contributed by atoms with Crippen molar-refractivity contribution in [2.24, 2.45) is 11.7 Å². The molecular formula is C18H21NO2. The number of fused-ring (bicyclic) bond motifs is 1. The van der Waals surface area contributed by atoms with Gasteiger partial charge in [0.05, 0.1) is 13.7 Å².